The first-order valence-corrected chi connectivity index (χ1v) is 9.53. The number of carbonyl (C=O) groups excluding carboxylic acids is 1. The molecule has 7 heteroatoms. The highest BCUT2D eigenvalue weighted by molar-refractivity contribution is 5.95. The van der Waals surface area contributed by atoms with Crippen molar-refractivity contribution in [2.24, 2.45) is 0 Å². The molecule has 6 nitrogen and oxygen atoms in total. The number of hydrogen-bond acceptors (Lipinski definition) is 4. The molecule has 0 unspecified atom stereocenters. The summed E-state index contributed by atoms with van der Waals surface area (Å²) in [6.07, 6.45) is 2.25. The number of aliphatic carboxylic acids is 1. The van der Waals surface area contributed by atoms with Crippen molar-refractivity contribution in [2.75, 3.05) is 6.54 Å². The highest BCUT2D eigenvalue weighted by Crippen LogP contribution is 2.15. The van der Waals surface area contributed by atoms with Crippen LogP contribution < -0.4 is 5.32 Å². The van der Waals surface area contributed by atoms with E-state index in [4.69, 9.17) is 5.11 Å². The zero-order chi connectivity index (χ0) is 20.6. The van der Waals surface area contributed by atoms with Crippen LogP contribution in [-0.2, 0) is 17.6 Å². The van der Waals surface area contributed by atoms with Gasteiger partial charge in [0.2, 0.25) is 0 Å². The molecular formula is C22H22FN3O3. The average molecular weight is 395 g/mol. The van der Waals surface area contributed by atoms with E-state index in [0.717, 1.165) is 5.56 Å². The Morgan fingerprint density at radius 1 is 0.931 bits per heavy atom. The number of unbranched alkanes of at least 4 members (excludes halogenated alkanes) is 1. The molecule has 0 fully saturated rings. The Balaban J connectivity index is 1.70. The molecule has 3 aromatic rings. The Bertz CT molecular complexity index is 1010. The summed E-state index contributed by atoms with van der Waals surface area (Å²) in [6.45, 7) is 0.386. The zero-order valence-corrected chi connectivity index (χ0v) is 15.9. The molecule has 150 valence electrons. The molecule has 1 heterocycles. The second-order valence-corrected chi connectivity index (χ2v) is 6.74. The number of halogens is 1. The standard InChI is InChI=1S/C22H22FN3O3/c23-16-11-9-15(10-12-16)13-14-24-22(29)21-19(7-3-4-8-20(27)28)25-17-5-1-2-6-18(17)26-21/h1-2,5-6,9-12H,3-4,7-8,13-14H2,(H,24,29)(H,27,28). The van der Waals surface area contributed by atoms with Gasteiger partial charge in [0.25, 0.3) is 5.91 Å². The van der Waals surface area contributed by atoms with Crippen molar-refractivity contribution < 1.29 is 19.1 Å². The number of aryl methyl sites for hydroxylation is 1. The predicted molar refractivity (Wildman–Crippen MR) is 107 cm³/mol. The largest absolute Gasteiger partial charge is 0.481 e. The monoisotopic (exact) mass is 395 g/mol. The minimum atomic E-state index is -0.839. The lowest BCUT2D eigenvalue weighted by atomic mass is 10.1. The smallest absolute Gasteiger partial charge is 0.303 e. The van der Waals surface area contributed by atoms with Gasteiger partial charge in [0.15, 0.2) is 0 Å². The highest BCUT2D eigenvalue weighted by atomic mass is 19.1. The van der Waals surface area contributed by atoms with Crippen molar-refractivity contribution in [3.8, 4) is 0 Å². The van der Waals surface area contributed by atoms with Crippen molar-refractivity contribution in [1.82, 2.24) is 15.3 Å². The number of hydrogen-bond donors (Lipinski definition) is 2. The van der Waals surface area contributed by atoms with Gasteiger partial charge in [0, 0.05) is 13.0 Å². The van der Waals surface area contributed by atoms with Crippen LogP contribution in [0.15, 0.2) is 48.5 Å². The summed E-state index contributed by atoms with van der Waals surface area (Å²) in [4.78, 5) is 32.5. The average Bonchev–Trinajstić information content (AvgIpc) is 2.72. The normalized spacial score (nSPS) is 10.8. The molecule has 0 aliphatic rings. The number of nitrogens with one attached hydrogen (secondary N) is 1. The van der Waals surface area contributed by atoms with E-state index in [1.54, 1.807) is 18.2 Å². The van der Waals surface area contributed by atoms with Crippen molar-refractivity contribution >= 4 is 22.9 Å². The molecule has 0 radical (unpaired) electrons. The van der Waals surface area contributed by atoms with E-state index in [1.165, 1.54) is 12.1 Å². The Morgan fingerprint density at radius 3 is 2.31 bits per heavy atom. The van der Waals surface area contributed by atoms with Crippen LogP contribution in [0.3, 0.4) is 0 Å². The van der Waals surface area contributed by atoms with Crippen LogP contribution in [0.2, 0.25) is 0 Å². The lowest BCUT2D eigenvalue weighted by Crippen LogP contribution is -2.28. The molecule has 0 aliphatic carbocycles. The third-order valence-electron chi connectivity index (χ3n) is 4.52. The van der Waals surface area contributed by atoms with Crippen molar-refractivity contribution in [1.29, 1.82) is 0 Å². The SMILES string of the molecule is O=C(O)CCCCc1nc2ccccc2nc1C(=O)NCCc1ccc(F)cc1. The minimum absolute atomic E-state index is 0.0835. The molecule has 2 N–H and O–H groups in total. The predicted octanol–water partition coefficient (Wildman–Crippen LogP) is 3.54. The molecular weight excluding hydrogens is 373 g/mol. The van der Waals surface area contributed by atoms with Gasteiger partial charge in [0.1, 0.15) is 11.5 Å². The number of benzene rings is 2. The lowest BCUT2D eigenvalue weighted by Gasteiger charge is -2.10. The van der Waals surface area contributed by atoms with Gasteiger partial charge in [-0.15, -0.1) is 0 Å². The third-order valence-corrected chi connectivity index (χ3v) is 4.52. The third kappa shape index (κ3) is 5.81. The molecule has 2 aromatic carbocycles. The molecule has 1 amide bonds. The quantitative estimate of drug-likeness (QED) is 0.541. The maximum Gasteiger partial charge on any atom is 0.303 e. The van der Waals surface area contributed by atoms with Crippen LogP contribution in [0, 0.1) is 5.82 Å². The maximum atomic E-state index is 13.0. The number of carboxylic acid groups (broad SMARTS) is 1. The van der Waals surface area contributed by atoms with Gasteiger partial charge in [-0.25, -0.2) is 14.4 Å². The first-order chi connectivity index (χ1) is 14.0. The molecule has 0 saturated heterocycles. The van der Waals surface area contributed by atoms with Gasteiger partial charge in [0.05, 0.1) is 16.7 Å². The summed E-state index contributed by atoms with van der Waals surface area (Å²) in [5.41, 5.74) is 3.07. The lowest BCUT2D eigenvalue weighted by molar-refractivity contribution is -0.137. The van der Waals surface area contributed by atoms with Crippen molar-refractivity contribution in [3.05, 3.63) is 71.3 Å². The zero-order valence-electron chi connectivity index (χ0n) is 15.9. The van der Waals surface area contributed by atoms with Gasteiger partial charge >= 0.3 is 5.97 Å². The molecule has 0 saturated carbocycles. The highest BCUT2D eigenvalue weighted by Gasteiger charge is 2.16. The van der Waals surface area contributed by atoms with Crippen molar-refractivity contribution in [3.63, 3.8) is 0 Å². The van der Waals surface area contributed by atoms with Crippen LogP contribution in [0.4, 0.5) is 4.39 Å². The minimum Gasteiger partial charge on any atom is -0.481 e. The van der Waals surface area contributed by atoms with Gasteiger partial charge < -0.3 is 10.4 Å². The van der Waals surface area contributed by atoms with Crippen LogP contribution in [0.1, 0.15) is 41.0 Å². The summed E-state index contributed by atoms with van der Waals surface area (Å²) >= 11 is 0. The van der Waals surface area contributed by atoms with Gasteiger partial charge in [-0.1, -0.05) is 24.3 Å². The molecule has 1 aromatic heterocycles. The summed E-state index contributed by atoms with van der Waals surface area (Å²) in [5.74, 6) is -1.45. The molecule has 0 atom stereocenters. The number of para-hydroxylation sites is 2. The van der Waals surface area contributed by atoms with E-state index in [9.17, 15) is 14.0 Å². The second kappa shape index (κ2) is 9.73. The Hall–Kier alpha value is -3.35. The fourth-order valence-electron chi connectivity index (χ4n) is 3.02. The number of fused-ring (bicyclic) bond motifs is 1. The van der Waals surface area contributed by atoms with E-state index in [1.807, 2.05) is 18.2 Å². The van der Waals surface area contributed by atoms with E-state index in [-0.39, 0.29) is 23.8 Å². The Kier molecular flexibility index (Phi) is 6.84. The summed E-state index contributed by atoms with van der Waals surface area (Å²) in [7, 11) is 0. The summed E-state index contributed by atoms with van der Waals surface area (Å²) in [6, 6.07) is 13.5. The molecule has 0 spiro atoms. The van der Waals surface area contributed by atoms with Gasteiger partial charge in [-0.05, 0) is 55.5 Å². The first-order valence-electron chi connectivity index (χ1n) is 9.53. The Labute approximate surface area is 167 Å². The van der Waals surface area contributed by atoms with Crippen LogP contribution in [-0.4, -0.2) is 33.5 Å². The maximum absolute atomic E-state index is 13.0. The fourth-order valence-corrected chi connectivity index (χ4v) is 3.02. The summed E-state index contributed by atoms with van der Waals surface area (Å²) < 4.78 is 13.0. The van der Waals surface area contributed by atoms with Crippen LogP contribution in [0.5, 0.6) is 0 Å². The summed E-state index contributed by atoms with van der Waals surface area (Å²) in [5, 5.41) is 11.6. The van der Waals surface area contributed by atoms with E-state index < -0.39 is 5.97 Å². The van der Waals surface area contributed by atoms with Crippen LogP contribution in [0.25, 0.3) is 11.0 Å². The number of rotatable bonds is 9. The topological polar surface area (TPSA) is 92.2 Å². The number of nitrogens with zero attached hydrogens (tertiary/aromatic N) is 2. The number of amides is 1. The van der Waals surface area contributed by atoms with Crippen LogP contribution >= 0.6 is 0 Å². The number of aromatic nitrogens is 2. The molecule has 0 aliphatic heterocycles. The van der Waals surface area contributed by atoms with E-state index >= 15 is 0 Å². The Morgan fingerprint density at radius 2 is 1.62 bits per heavy atom. The van der Waals surface area contributed by atoms with Gasteiger partial charge in [-0.2, -0.15) is 0 Å². The molecule has 0 bridgehead atoms. The number of carbonyl (C=O) groups is 2. The van der Waals surface area contributed by atoms with Crippen molar-refractivity contribution in [2.45, 2.75) is 32.1 Å². The first kappa shape index (κ1) is 20.4. The molecule has 29 heavy (non-hydrogen) atoms. The molecule has 3 rings (SSSR count). The second-order valence-electron chi connectivity index (χ2n) is 6.74. The fraction of sp³-hybridized carbons (Fsp3) is 0.273. The van der Waals surface area contributed by atoms with Gasteiger partial charge in [-0.3, -0.25) is 9.59 Å². The number of carboxylic acids is 1. The van der Waals surface area contributed by atoms with E-state index in [0.29, 0.717) is 49.0 Å². The van der Waals surface area contributed by atoms with E-state index in [2.05, 4.69) is 15.3 Å².